The minimum absolute atomic E-state index is 0.0909. The van der Waals surface area contributed by atoms with Crippen molar-refractivity contribution in [1.82, 2.24) is 5.32 Å². The van der Waals surface area contributed by atoms with E-state index >= 15 is 0 Å². The lowest BCUT2D eigenvalue weighted by Crippen LogP contribution is -2.44. The Morgan fingerprint density at radius 2 is 2.00 bits per heavy atom. The van der Waals surface area contributed by atoms with Gasteiger partial charge in [0.25, 0.3) is 0 Å². The number of hydrogen-bond acceptors (Lipinski definition) is 4. The molecule has 1 rings (SSSR count). The van der Waals surface area contributed by atoms with Gasteiger partial charge in [0.1, 0.15) is 6.61 Å². The van der Waals surface area contributed by atoms with Crippen LogP contribution in [0.2, 0.25) is 0 Å². The Bertz CT molecular complexity index is 407. The smallest absolute Gasteiger partial charge is 0.408 e. The second-order valence-corrected chi connectivity index (χ2v) is 3.76. The fourth-order valence-corrected chi connectivity index (χ4v) is 1.32. The highest BCUT2D eigenvalue weighted by atomic mass is 16.5. The Balaban J connectivity index is 2.38. The Labute approximate surface area is 111 Å². The maximum absolute atomic E-state index is 11.4. The van der Waals surface area contributed by atoms with E-state index in [4.69, 9.17) is 14.6 Å². The first-order valence-corrected chi connectivity index (χ1v) is 5.91. The normalized spacial score (nSPS) is 11.6. The van der Waals surface area contributed by atoms with Gasteiger partial charge in [-0.1, -0.05) is 30.3 Å². The van der Waals surface area contributed by atoms with Gasteiger partial charge in [-0.3, -0.25) is 0 Å². The molecule has 0 aliphatic carbocycles. The van der Waals surface area contributed by atoms with Gasteiger partial charge < -0.3 is 19.9 Å². The second kappa shape index (κ2) is 8.10. The zero-order valence-corrected chi connectivity index (χ0v) is 10.7. The summed E-state index contributed by atoms with van der Waals surface area (Å²) in [6.45, 7) is 2.12. The summed E-state index contributed by atoms with van der Waals surface area (Å²) in [5, 5.41) is 11.1. The van der Waals surface area contributed by atoms with E-state index in [-0.39, 0.29) is 13.2 Å². The molecule has 0 aliphatic rings. The lowest BCUT2D eigenvalue weighted by atomic mass is 10.2. The molecule has 1 aromatic carbocycles. The van der Waals surface area contributed by atoms with Gasteiger partial charge in [-0.05, 0) is 12.5 Å². The molecule has 2 N–H and O–H groups in total. The first kappa shape index (κ1) is 15.0. The van der Waals surface area contributed by atoms with Crippen LogP contribution in [-0.2, 0) is 20.9 Å². The van der Waals surface area contributed by atoms with E-state index in [0.717, 1.165) is 5.56 Å². The van der Waals surface area contributed by atoms with Crippen LogP contribution < -0.4 is 5.32 Å². The number of carbonyl (C=O) groups excluding carboxylic acids is 1. The molecule has 1 aromatic rings. The molecule has 104 valence electrons. The second-order valence-electron chi connectivity index (χ2n) is 3.76. The molecular formula is C13H17NO5. The van der Waals surface area contributed by atoms with Crippen LogP contribution in [0.4, 0.5) is 4.79 Å². The Hall–Kier alpha value is -2.08. The zero-order valence-electron chi connectivity index (χ0n) is 10.7. The predicted octanol–water partition coefficient (Wildman–Crippen LogP) is 1.40. The zero-order chi connectivity index (χ0) is 14.1. The van der Waals surface area contributed by atoms with Crippen LogP contribution in [-0.4, -0.2) is 36.4 Å². The number of ether oxygens (including phenoxy) is 2. The Morgan fingerprint density at radius 1 is 1.32 bits per heavy atom. The molecule has 0 saturated heterocycles. The molecule has 1 unspecified atom stereocenters. The minimum atomic E-state index is -1.16. The minimum Gasteiger partial charge on any atom is -0.480 e. The lowest BCUT2D eigenvalue weighted by Gasteiger charge is -2.14. The average molecular weight is 267 g/mol. The fraction of sp³-hybridized carbons (Fsp3) is 0.385. The van der Waals surface area contributed by atoms with E-state index in [1.807, 2.05) is 30.3 Å². The van der Waals surface area contributed by atoms with E-state index in [2.05, 4.69) is 5.32 Å². The maximum atomic E-state index is 11.4. The van der Waals surface area contributed by atoms with E-state index in [1.165, 1.54) is 0 Å². The van der Waals surface area contributed by atoms with Gasteiger partial charge in [-0.25, -0.2) is 9.59 Å². The lowest BCUT2D eigenvalue weighted by molar-refractivity contribution is -0.140. The van der Waals surface area contributed by atoms with Crippen LogP contribution in [0.1, 0.15) is 12.5 Å². The van der Waals surface area contributed by atoms with Crippen molar-refractivity contribution in [3.63, 3.8) is 0 Å². The van der Waals surface area contributed by atoms with Crippen molar-refractivity contribution in [3.05, 3.63) is 35.9 Å². The summed E-state index contributed by atoms with van der Waals surface area (Å²) < 4.78 is 9.89. The number of nitrogens with one attached hydrogen (secondary N) is 1. The SMILES string of the molecule is CCOCC(NC(=O)OCc1ccccc1)C(=O)O. The maximum Gasteiger partial charge on any atom is 0.408 e. The standard InChI is InChI=1S/C13H17NO5/c1-2-18-9-11(12(15)16)14-13(17)19-8-10-6-4-3-5-7-10/h3-7,11H,2,8-9H2,1H3,(H,14,17)(H,15,16). The summed E-state index contributed by atoms with van der Waals surface area (Å²) in [7, 11) is 0. The Morgan fingerprint density at radius 3 is 2.58 bits per heavy atom. The highest BCUT2D eigenvalue weighted by molar-refractivity contribution is 5.79. The number of carboxylic acid groups (broad SMARTS) is 1. The molecule has 0 bridgehead atoms. The molecule has 0 fully saturated rings. The van der Waals surface area contributed by atoms with Crippen LogP contribution in [0.15, 0.2) is 30.3 Å². The third-order valence-electron chi connectivity index (χ3n) is 2.29. The van der Waals surface area contributed by atoms with Crippen molar-refractivity contribution in [1.29, 1.82) is 0 Å². The van der Waals surface area contributed by atoms with Crippen molar-refractivity contribution in [2.45, 2.75) is 19.6 Å². The molecule has 1 atom stereocenters. The number of amides is 1. The van der Waals surface area contributed by atoms with Crippen LogP contribution in [0.5, 0.6) is 0 Å². The Kier molecular flexibility index (Phi) is 6.38. The molecular weight excluding hydrogens is 250 g/mol. The van der Waals surface area contributed by atoms with Gasteiger partial charge in [0.05, 0.1) is 6.61 Å². The fourth-order valence-electron chi connectivity index (χ4n) is 1.32. The van der Waals surface area contributed by atoms with Crippen LogP contribution in [0.25, 0.3) is 0 Å². The average Bonchev–Trinajstić information content (AvgIpc) is 2.42. The van der Waals surface area contributed by atoms with Gasteiger partial charge in [-0.15, -0.1) is 0 Å². The summed E-state index contributed by atoms with van der Waals surface area (Å²) in [4.78, 5) is 22.3. The highest BCUT2D eigenvalue weighted by Crippen LogP contribution is 2.00. The van der Waals surface area contributed by atoms with Crippen molar-refractivity contribution in [3.8, 4) is 0 Å². The molecule has 0 aliphatic heterocycles. The largest absolute Gasteiger partial charge is 0.480 e. The van der Waals surface area contributed by atoms with Gasteiger partial charge in [0, 0.05) is 6.61 Å². The topological polar surface area (TPSA) is 84.9 Å². The molecule has 0 radical (unpaired) electrons. The summed E-state index contributed by atoms with van der Waals surface area (Å²) >= 11 is 0. The number of alkyl carbamates (subject to hydrolysis) is 1. The summed E-state index contributed by atoms with van der Waals surface area (Å²) in [6.07, 6.45) is -0.782. The molecule has 6 heteroatoms. The van der Waals surface area contributed by atoms with Gasteiger partial charge in [0.15, 0.2) is 6.04 Å². The van der Waals surface area contributed by atoms with Gasteiger partial charge in [-0.2, -0.15) is 0 Å². The molecule has 0 saturated carbocycles. The molecule has 1 amide bonds. The van der Waals surface area contributed by atoms with Crippen molar-refractivity contribution >= 4 is 12.1 Å². The van der Waals surface area contributed by atoms with E-state index in [0.29, 0.717) is 6.61 Å². The number of rotatable bonds is 7. The van der Waals surface area contributed by atoms with E-state index < -0.39 is 18.1 Å². The molecule has 19 heavy (non-hydrogen) atoms. The summed E-state index contributed by atoms with van der Waals surface area (Å²) in [5.41, 5.74) is 0.828. The monoisotopic (exact) mass is 267 g/mol. The van der Waals surface area contributed by atoms with Crippen molar-refractivity contribution in [2.75, 3.05) is 13.2 Å². The molecule has 6 nitrogen and oxygen atoms in total. The number of hydrogen-bond donors (Lipinski definition) is 2. The number of aliphatic carboxylic acids is 1. The van der Waals surface area contributed by atoms with Crippen LogP contribution in [0.3, 0.4) is 0 Å². The molecule has 0 aromatic heterocycles. The van der Waals surface area contributed by atoms with E-state index in [1.54, 1.807) is 6.92 Å². The van der Waals surface area contributed by atoms with Gasteiger partial charge in [0.2, 0.25) is 0 Å². The van der Waals surface area contributed by atoms with Gasteiger partial charge >= 0.3 is 12.1 Å². The van der Waals surface area contributed by atoms with Crippen molar-refractivity contribution < 1.29 is 24.2 Å². The van der Waals surface area contributed by atoms with Crippen LogP contribution >= 0.6 is 0 Å². The number of benzene rings is 1. The molecule has 0 spiro atoms. The van der Waals surface area contributed by atoms with Crippen molar-refractivity contribution in [2.24, 2.45) is 0 Å². The predicted molar refractivity (Wildman–Crippen MR) is 67.7 cm³/mol. The third-order valence-corrected chi connectivity index (χ3v) is 2.29. The first-order chi connectivity index (χ1) is 9.13. The molecule has 0 heterocycles. The summed E-state index contributed by atoms with van der Waals surface area (Å²) in [5.74, 6) is -1.16. The third kappa shape index (κ3) is 5.87. The quantitative estimate of drug-likeness (QED) is 0.780. The van der Waals surface area contributed by atoms with E-state index in [9.17, 15) is 9.59 Å². The summed E-state index contributed by atoms with van der Waals surface area (Å²) in [6, 6.07) is 8.01. The highest BCUT2D eigenvalue weighted by Gasteiger charge is 2.20. The number of carbonyl (C=O) groups is 2. The van der Waals surface area contributed by atoms with Crippen LogP contribution in [0, 0.1) is 0 Å². The number of carboxylic acids is 1. The first-order valence-electron chi connectivity index (χ1n) is 5.91.